The number of hydrogen-bond donors (Lipinski definition) is 1. The third kappa shape index (κ3) is 4.88. The van der Waals surface area contributed by atoms with Crippen LogP contribution in [-0.2, 0) is 0 Å². The number of rotatable bonds is 2. The fourth-order valence-corrected chi connectivity index (χ4v) is 13.8. The van der Waals surface area contributed by atoms with Gasteiger partial charge in [0.15, 0.2) is 0 Å². The number of para-hydroxylation sites is 1. The molecule has 0 bridgehead atoms. The number of benzene rings is 10. The molecule has 0 spiro atoms. The van der Waals surface area contributed by atoms with Crippen LogP contribution < -0.4 is 42.7 Å². The van der Waals surface area contributed by atoms with Crippen molar-refractivity contribution in [3.8, 4) is 22.5 Å². The summed E-state index contributed by atoms with van der Waals surface area (Å²) < 4.78 is 5.21. The van der Waals surface area contributed by atoms with Crippen LogP contribution in [0.3, 0.4) is 0 Å². The second kappa shape index (κ2) is 13.4. The second-order valence-electron chi connectivity index (χ2n) is 20.2. The maximum Gasteiger partial charge on any atom is 0.280 e. The van der Waals surface area contributed by atoms with Crippen molar-refractivity contribution in [2.45, 2.75) is 41.5 Å². The highest BCUT2D eigenvalue weighted by Gasteiger charge is 2.45. The van der Waals surface area contributed by atoms with E-state index < -0.39 is 0 Å². The molecule has 0 saturated carbocycles. The zero-order chi connectivity index (χ0) is 45.4. The van der Waals surface area contributed by atoms with Crippen LogP contribution in [0.15, 0.2) is 164 Å². The van der Waals surface area contributed by atoms with Crippen molar-refractivity contribution >= 4 is 123 Å². The number of pyridine rings is 1. The number of aromatic nitrogens is 2. The van der Waals surface area contributed by atoms with E-state index in [1.165, 1.54) is 154 Å². The van der Waals surface area contributed by atoms with Gasteiger partial charge in [0.1, 0.15) is 16.9 Å². The van der Waals surface area contributed by atoms with E-state index in [0.717, 1.165) is 11.5 Å². The van der Waals surface area contributed by atoms with Crippen LogP contribution in [0.25, 0.3) is 87.5 Å². The summed E-state index contributed by atoms with van der Waals surface area (Å²) in [6, 6.07) is 63.0. The molecule has 3 aliphatic heterocycles. The summed E-state index contributed by atoms with van der Waals surface area (Å²) in [5.74, 6) is 1.15. The predicted octanol–water partition coefficient (Wildman–Crippen LogP) is 10.9. The Kier molecular flexibility index (Phi) is 7.53. The van der Waals surface area contributed by atoms with Gasteiger partial charge < -0.3 is 4.57 Å². The summed E-state index contributed by atoms with van der Waals surface area (Å²) in [7, 11) is 0. The van der Waals surface area contributed by atoms with Gasteiger partial charge in [-0.05, 0) is 115 Å². The van der Waals surface area contributed by atoms with Crippen molar-refractivity contribution in [2.24, 2.45) is 0 Å². The third-order valence-corrected chi connectivity index (χ3v) is 16.2. The summed E-state index contributed by atoms with van der Waals surface area (Å²) in [6.45, 7) is 13.8. The van der Waals surface area contributed by atoms with Gasteiger partial charge in [0.25, 0.3) is 12.5 Å². The predicted molar refractivity (Wildman–Crippen MR) is 292 cm³/mol. The van der Waals surface area contributed by atoms with E-state index in [4.69, 9.17) is 0 Å². The topological polar surface area (TPSA) is 20.8 Å². The molecule has 5 heterocycles. The molecule has 0 amide bonds. The monoisotopic (exact) mass is 866 g/mol. The number of nitrogens with one attached hydrogen (secondary N) is 1. The van der Waals surface area contributed by atoms with Crippen LogP contribution in [0.4, 0.5) is 11.5 Å². The number of anilines is 2. The lowest BCUT2D eigenvalue weighted by atomic mass is 9.31. The quantitative estimate of drug-likeness (QED) is 0.136. The normalized spacial score (nSPS) is 13.2. The van der Waals surface area contributed by atoms with E-state index >= 15 is 0 Å². The van der Waals surface area contributed by atoms with Gasteiger partial charge in [0.2, 0.25) is 6.71 Å². The van der Waals surface area contributed by atoms with Crippen LogP contribution >= 0.6 is 0 Å². The maximum absolute atomic E-state index is 4.26. The molecule has 2 aromatic heterocycles. The van der Waals surface area contributed by atoms with E-state index in [1.807, 2.05) is 0 Å². The van der Waals surface area contributed by atoms with Crippen LogP contribution in [0.2, 0.25) is 0 Å². The van der Waals surface area contributed by atoms with Gasteiger partial charge in [-0.3, -0.25) is 0 Å². The first-order valence-electron chi connectivity index (χ1n) is 24.2. The first kappa shape index (κ1) is 38.2. The van der Waals surface area contributed by atoms with Gasteiger partial charge in [-0.15, -0.1) is 0 Å². The first-order chi connectivity index (χ1) is 33.2. The molecule has 318 valence electrons. The summed E-state index contributed by atoms with van der Waals surface area (Å²) >= 11 is 0. The minimum absolute atomic E-state index is 0.000296. The number of aryl methyl sites for hydroxylation is 6. The van der Waals surface area contributed by atoms with Crippen molar-refractivity contribution < 1.29 is 4.57 Å². The Morgan fingerprint density at radius 1 is 0.456 bits per heavy atom. The molecule has 68 heavy (non-hydrogen) atoms. The Morgan fingerprint density at radius 2 is 1.03 bits per heavy atom. The Balaban J connectivity index is 1.11. The molecule has 0 saturated heterocycles. The molecule has 5 heteroatoms. The van der Waals surface area contributed by atoms with Crippen molar-refractivity contribution in [1.82, 2.24) is 4.57 Å². The summed E-state index contributed by atoms with van der Waals surface area (Å²) in [5, 5.41) is 15.9. The fourth-order valence-electron chi connectivity index (χ4n) is 13.8. The van der Waals surface area contributed by atoms with Gasteiger partial charge in [0, 0.05) is 44.5 Å². The molecule has 3 aliphatic rings. The fraction of sp³-hybridized carbons (Fsp3) is 0.0952. The number of fused-ring (bicyclic) bond motifs is 17. The Bertz CT molecular complexity index is 4280. The summed E-state index contributed by atoms with van der Waals surface area (Å²) in [6.07, 6.45) is 0. The van der Waals surface area contributed by atoms with Gasteiger partial charge in [-0.1, -0.05) is 178 Å². The Labute approximate surface area is 396 Å². The van der Waals surface area contributed by atoms with Crippen LogP contribution in [0, 0.1) is 41.5 Å². The summed E-state index contributed by atoms with van der Waals surface area (Å²) in [4.78, 5) is 0. The Hall–Kier alpha value is -7.88. The molecule has 12 aromatic rings. The SMILES string of the molecule is Cc1cc(C)c(B2c3cc4c(cc3Nc3c2cc2cccc5c2[n+]3-c2ccc3ccccc3c2-5)-n2c3ccc5ccccc5c3c3c5ccccc5cc(c32)B4c2c(C)cc(C)cc2C)c(C)c1. The van der Waals surface area contributed by atoms with Crippen molar-refractivity contribution in [1.29, 1.82) is 0 Å². The van der Waals surface area contributed by atoms with Gasteiger partial charge in [-0.2, -0.15) is 4.57 Å². The van der Waals surface area contributed by atoms with Gasteiger partial charge in [0.05, 0.1) is 11.0 Å². The Morgan fingerprint density at radius 3 is 1.74 bits per heavy atom. The van der Waals surface area contributed by atoms with Crippen molar-refractivity contribution in [3.05, 3.63) is 197 Å². The van der Waals surface area contributed by atoms with E-state index in [0.29, 0.717) is 0 Å². The average Bonchev–Trinajstić information content (AvgIpc) is 3.87. The standard InChI is InChI=1S/C63H45B2N3/c1-34-26-36(3)59(37(4)27-34)64-48-32-49-55(33-52(48)66-63-51(64)31-43-17-13-21-47-56-44-18-10-7-14-40(44)22-24-53(56)68(63)61(43)47)67-54-25-23-41-15-8-11-19-45(41)57(54)58-46-20-12-9-16-42(46)30-50(62(58)67)65(49)60-38(5)28-35(2)29-39(60)6/h7-33H,1-6H3/p+1. The number of hydrogen-bond acceptors (Lipinski definition) is 1. The van der Waals surface area contributed by atoms with E-state index in [2.05, 4.69) is 220 Å². The molecule has 1 N–H and O–H groups in total. The molecule has 3 nitrogen and oxygen atoms in total. The first-order valence-corrected chi connectivity index (χ1v) is 24.2. The van der Waals surface area contributed by atoms with Crippen molar-refractivity contribution in [2.75, 3.05) is 5.32 Å². The molecular weight excluding hydrogens is 820 g/mol. The molecule has 0 radical (unpaired) electrons. The lowest BCUT2D eigenvalue weighted by molar-refractivity contribution is -0.546. The maximum atomic E-state index is 4.26. The largest absolute Gasteiger partial charge is 0.310 e. The summed E-state index contributed by atoms with van der Waals surface area (Å²) in [5.41, 5.74) is 26.1. The average molecular weight is 867 g/mol. The highest BCUT2D eigenvalue weighted by molar-refractivity contribution is 7.01. The van der Waals surface area contributed by atoms with E-state index in [9.17, 15) is 0 Å². The molecule has 0 atom stereocenters. The molecule has 0 unspecified atom stereocenters. The van der Waals surface area contributed by atoms with Crippen molar-refractivity contribution in [3.63, 3.8) is 0 Å². The zero-order valence-corrected chi connectivity index (χ0v) is 39.1. The smallest absolute Gasteiger partial charge is 0.280 e. The van der Waals surface area contributed by atoms with Crippen LogP contribution in [0.1, 0.15) is 33.4 Å². The molecule has 15 rings (SSSR count). The highest BCUT2D eigenvalue weighted by atomic mass is 15.1. The highest BCUT2D eigenvalue weighted by Crippen LogP contribution is 2.44. The molecule has 0 aliphatic carbocycles. The molecular formula is C63H46B2N3+. The van der Waals surface area contributed by atoms with E-state index in [-0.39, 0.29) is 13.4 Å². The molecule has 10 aromatic carbocycles. The second-order valence-corrected chi connectivity index (χ2v) is 20.2. The van der Waals surface area contributed by atoms with Gasteiger partial charge >= 0.3 is 0 Å². The van der Waals surface area contributed by atoms with Crippen LogP contribution in [0.5, 0.6) is 0 Å². The zero-order valence-electron chi connectivity index (χ0n) is 39.1. The number of nitrogens with zero attached hydrogens (tertiary/aromatic N) is 2. The minimum atomic E-state index is -0.0299. The molecule has 0 fully saturated rings. The van der Waals surface area contributed by atoms with E-state index in [1.54, 1.807) is 0 Å². The lowest BCUT2D eigenvalue weighted by Crippen LogP contribution is -2.63. The third-order valence-electron chi connectivity index (χ3n) is 16.2. The lowest BCUT2D eigenvalue weighted by Gasteiger charge is -2.33. The minimum Gasteiger partial charge on any atom is -0.310 e. The van der Waals surface area contributed by atoms with Gasteiger partial charge in [-0.25, -0.2) is 5.32 Å². The van der Waals surface area contributed by atoms with Crippen LogP contribution in [-0.4, -0.2) is 18.0 Å².